The van der Waals surface area contributed by atoms with E-state index in [1.54, 1.807) is 17.0 Å². The van der Waals surface area contributed by atoms with Gasteiger partial charge in [-0.2, -0.15) is 0 Å². The van der Waals surface area contributed by atoms with Crippen LogP contribution in [0.15, 0.2) is 91.5 Å². The summed E-state index contributed by atoms with van der Waals surface area (Å²) < 4.78 is 5.25. The van der Waals surface area contributed by atoms with Gasteiger partial charge in [0, 0.05) is 29.1 Å². The number of carbonyl (C=O) groups excluding carboxylic acids is 3. The van der Waals surface area contributed by atoms with Crippen LogP contribution in [0.3, 0.4) is 0 Å². The first-order valence-electron chi connectivity index (χ1n) is 10.7. The normalized spacial score (nSPS) is 12.4. The van der Waals surface area contributed by atoms with Crippen molar-refractivity contribution in [2.75, 3.05) is 18.1 Å². The van der Waals surface area contributed by atoms with Gasteiger partial charge in [-0.25, -0.2) is 0 Å². The summed E-state index contributed by atoms with van der Waals surface area (Å²) >= 11 is 0. The molecule has 0 atom stereocenters. The van der Waals surface area contributed by atoms with Gasteiger partial charge in [-0.3, -0.25) is 14.4 Å². The van der Waals surface area contributed by atoms with Crippen molar-refractivity contribution >= 4 is 29.2 Å². The van der Waals surface area contributed by atoms with Crippen LogP contribution < -0.4 is 4.90 Å². The third kappa shape index (κ3) is 5.01. The van der Waals surface area contributed by atoms with Gasteiger partial charge >= 0.3 is 5.97 Å². The van der Waals surface area contributed by atoms with E-state index in [0.717, 1.165) is 16.8 Å². The van der Waals surface area contributed by atoms with Gasteiger partial charge < -0.3 is 14.5 Å². The molecule has 0 aromatic heterocycles. The molecule has 1 heterocycles. The zero-order valence-electron chi connectivity index (χ0n) is 18.1. The molecule has 0 radical (unpaired) electrons. The number of fused-ring (bicyclic) bond motifs is 1. The fourth-order valence-corrected chi connectivity index (χ4v) is 3.76. The van der Waals surface area contributed by atoms with E-state index < -0.39 is 5.97 Å². The number of nitrogens with zero attached hydrogens (tertiary/aromatic N) is 2. The number of esters is 1. The first kappa shape index (κ1) is 22.0. The quantitative estimate of drug-likeness (QED) is 0.491. The number of para-hydroxylation sites is 1. The number of hydrogen-bond acceptors (Lipinski definition) is 4. The first-order valence-corrected chi connectivity index (χ1v) is 10.7. The molecule has 6 heteroatoms. The van der Waals surface area contributed by atoms with Crippen molar-refractivity contribution < 1.29 is 19.1 Å². The van der Waals surface area contributed by atoms with E-state index in [4.69, 9.17) is 4.74 Å². The van der Waals surface area contributed by atoms with Crippen LogP contribution in [-0.2, 0) is 20.9 Å². The Kier molecular flexibility index (Phi) is 6.64. The smallest absolute Gasteiger partial charge is 0.308 e. The summed E-state index contributed by atoms with van der Waals surface area (Å²) in [6.07, 6.45) is -0.0317. The molecule has 0 saturated carbocycles. The number of anilines is 1. The van der Waals surface area contributed by atoms with E-state index in [2.05, 4.69) is 6.58 Å². The van der Waals surface area contributed by atoms with Crippen LogP contribution in [0.5, 0.6) is 0 Å². The van der Waals surface area contributed by atoms with Gasteiger partial charge in [-0.05, 0) is 23.8 Å². The van der Waals surface area contributed by atoms with Crippen LogP contribution in [0.25, 0.3) is 5.70 Å². The number of ether oxygens (including phenoxy) is 1. The molecule has 1 aliphatic rings. The highest BCUT2D eigenvalue weighted by Gasteiger charge is 2.30. The number of hydrogen-bond donors (Lipinski definition) is 0. The van der Waals surface area contributed by atoms with Crippen molar-refractivity contribution in [3.05, 3.63) is 108 Å². The van der Waals surface area contributed by atoms with Crippen LogP contribution in [0, 0.1) is 0 Å². The molecular formula is C27H24N2O4. The molecule has 3 aromatic carbocycles. The largest absolute Gasteiger partial charge is 0.455 e. The molecule has 1 aliphatic heterocycles. The SMILES string of the molecule is C=C1c2ccccc2C(=O)N1CCC(=O)OCC(=O)N(Cc1ccccc1)c1ccccc1. The molecule has 0 N–H and O–H groups in total. The van der Waals surface area contributed by atoms with Crippen molar-refractivity contribution in [3.8, 4) is 0 Å². The van der Waals surface area contributed by atoms with Gasteiger partial charge in [-0.15, -0.1) is 0 Å². The second kappa shape index (κ2) is 9.96. The Morgan fingerprint density at radius 3 is 2.12 bits per heavy atom. The monoisotopic (exact) mass is 440 g/mol. The molecule has 0 spiro atoms. The highest BCUT2D eigenvalue weighted by molar-refractivity contribution is 6.08. The Bertz CT molecular complexity index is 1140. The van der Waals surface area contributed by atoms with Crippen LogP contribution >= 0.6 is 0 Å². The lowest BCUT2D eigenvalue weighted by atomic mass is 10.1. The minimum atomic E-state index is -0.548. The number of rotatable bonds is 8. The van der Waals surface area contributed by atoms with Gasteiger partial charge in [0.2, 0.25) is 0 Å². The second-order valence-corrected chi connectivity index (χ2v) is 7.66. The summed E-state index contributed by atoms with van der Waals surface area (Å²) in [5, 5.41) is 0. The van der Waals surface area contributed by atoms with Gasteiger partial charge in [0.05, 0.1) is 13.0 Å². The maximum atomic E-state index is 12.9. The molecule has 0 fully saturated rings. The third-order valence-electron chi connectivity index (χ3n) is 5.49. The van der Waals surface area contributed by atoms with Crippen molar-refractivity contribution in [1.82, 2.24) is 4.90 Å². The predicted molar refractivity (Wildman–Crippen MR) is 126 cm³/mol. The number of benzene rings is 3. The highest BCUT2D eigenvalue weighted by Crippen LogP contribution is 2.31. The summed E-state index contributed by atoms with van der Waals surface area (Å²) in [5.41, 5.74) is 3.60. The fraction of sp³-hybridized carbons (Fsp3) is 0.148. The predicted octanol–water partition coefficient (Wildman–Crippen LogP) is 4.28. The van der Waals surface area contributed by atoms with Gasteiger partial charge in [0.25, 0.3) is 11.8 Å². The van der Waals surface area contributed by atoms with Crippen molar-refractivity contribution in [3.63, 3.8) is 0 Å². The summed E-state index contributed by atoms with van der Waals surface area (Å²) in [6, 6.07) is 26.1. The molecular weight excluding hydrogens is 416 g/mol. The van der Waals surface area contributed by atoms with E-state index in [1.165, 1.54) is 4.90 Å². The summed E-state index contributed by atoms with van der Waals surface area (Å²) in [5.74, 6) is -1.06. The lowest BCUT2D eigenvalue weighted by Gasteiger charge is -2.23. The van der Waals surface area contributed by atoms with Crippen LogP contribution in [0.1, 0.15) is 27.9 Å². The number of carbonyl (C=O) groups is 3. The van der Waals surface area contributed by atoms with Crippen LogP contribution in [-0.4, -0.2) is 35.8 Å². The Hall–Kier alpha value is -4.19. The van der Waals surface area contributed by atoms with Crippen molar-refractivity contribution in [2.45, 2.75) is 13.0 Å². The molecule has 0 unspecified atom stereocenters. The van der Waals surface area contributed by atoms with Crippen LogP contribution in [0.2, 0.25) is 0 Å². The van der Waals surface area contributed by atoms with Gasteiger partial charge in [0.15, 0.2) is 6.61 Å². The van der Waals surface area contributed by atoms with E-state index in [-0.39, 0.29) is 31.4 Å². The van der Waals surface area contributed by atoms with Gasteiger partial charge in [-0.1, -0.05) is 73.3 Å². The average Bonchev–Trinajstić information content (AvgIpc) is 3.10. The maximum Gasteiger partial charge on any atom is 0.308 e. The van der Waals surface area contributed by atoms with Crippen LogP contribution in [0.4, 0.5) is 5.69 Å². The highest BCUT2D eigenvalue weighted by atomic mass is 16.5. The Labute approximate surface area is 192 Å². The second-order valence-electron chi connectivity index (χ2n) is 7.66. The fourth-order valence-electron chi connectivity index (χ4n) is 3.76. The molecule has 0 saturated heterocycles. The summed E-state index contributed by atoms with van der Waals surface area (Å²) in [7, 11) is 0. The van der Waals surface area contributed by atoms with E-state index in [0.29, 0.717) is 17.8 Å². The van der Waals surface area contributed by atoms with Crippen molar-refractivity contribution in [2.24, 2.45) is 0 Å². The molecule has 3 aromatic rings. The molecule has 6 nitrogen and oxygen atoms in total. The van der Waals surface area contributed by atoms with E-state index in [9.17, 15) is 14.4 Å². The zero-order valence-corrected chi connectivity index (χ0v) is 18.1. The summed E-state index contributed by atoms with van der Waals surface area (Å²) in [6.45, 7) is 4.10. The van der Waals surface area contributed by atoms with E-state index >= 15 is 0 Å². The van der Waals surface area contributed by atoms with Gasteiger partial charge in [0.1, 0.15) is 0 Å². The molecule has 0 bridgehead atoms. The number of amides is 2. The molecule has 4 rings (SSSR count). The minimum Gasteiger partial charge on any atom is -0.455 e. The summed E-state index contributed by atoms with van der Waals surface area (Å²) in [4.78, 5) is 40.9. The Morgan fingerprint density at radius 1 is 0.848 bits per heavy atom. The van der Waals surface area contributed by atoms with E-state index in [1.807, 2.05) is 72.8 Å². The lowest BCUT2D eigenvalue weighted by Crippen LogP contribution is -2.34. The molecule has 33 heavy (non-hydrogen) atoms. The third-order valence-corrected chi connectivity index (χ3v) is 5.49. The standard InChI is InChI=1S/C27H24N2O4/c1-20-23-14-8-9-15-24(23)27(32)28(20)17-16-26(31)33-19-25(30)29(22-12-6-3-7-13-22)18-21-10-4-2-5-11-21/h2-15H,1,16-19H2. The Morgan fingerprint density at radius 2 is 1.45 bits per heavy atom. The zero-order chi connectivity index (χ0) is 23.2. The molecule has 2 amide bonds. The lowest BCUT2D eigenvalue weighted by molar-refractivity contribution is -0.147. The molecule has 166 valence electrons. The maximum absolute atomic E-state index is 12.9. The first-order chi connectivity index (χ1) is 16.0. The topological polar surface area (TPSA) is 66.9 Å². The Balaban J connectivity index is 1.34. The van der Waals surface area contributed by atoms with Crippen molar-refractivity contribution in [1.29, 1.82) is 0 Å². The molecule has 0 aliphatic carbocycles. The average molecular weight is 440 g/mol. The minimum absolute atomic E-state index is 0.0317.